The topological polar surface area (TPSA) is 88.5 Å². The fourth-order valence-electron chi connectivity index (χ4n) is 1.50. The highest BCUT2D eigenvalue weighted by atomic mass is 16.6. The Morgan fingerprint density at radius 1 is 1.42 bits per heavy atom. The number of nitrogens with one attached hydrogen (secondary N) is 1. The zero-order valence-corrected chi connectivity index (χ0v) is 11.4. The number of hydrogen-bond donors (Lipinski definition) is 2. The highest BCUT2D eigenvalue weighted by Gasteiger charge is 2.26. The van der Waals surface area contributed by atoms with Crippen LogP contribution in [0.3, 0.4) is 0 Å². The fraction of sp³-hybridized carbons (Fsp3) is 0.462. The van der Waals surface area contributed by atoms with Gasteiger partial charge in [-0.15, -0.1) is 0 Å². The van der Waals surface area contributed by atoms with Gasteiger partial charge in [-0.1, -0.05) is 6.07 Å². The third-order valence-electron chi connectivity index (χ3n) is 2.27. The van der Waals surface area contributed by atoms with Crippen LogP contribution in [0.2, 0.25) is 0 Å². The Bertz CT molecular complexity index is 480. The molecule has 0 saturated heterocycles. The first-order valence-corrected chi connectivity index (χ1v) is 5.84. The number of aryl methyl sites for hydroxylation is 1. The number of aromatic nitrogens is 1. The van der Waals surface area contributed by atoms with Crippen molar-refractivity contribution < 1.29 is 19.4 Å². The lowest BCUT2D eigenvalue weighted by molar-refractivity contribution is -0.139. The fourth-order valence-corrected chi connectivity index (χ4v) is 1.50. The highest BCUT2D eigenvalue weighted by molar-refractivity contribution is 5.81. The van der Waals surface area contributed by atoms with Crippen LogP contribution in [0, 0.1) is 6.92 Å². The van der Waals surface area contributed by atoms with Crippen LogP contribution in [0.1, 0.15) is 38.1 Å². The van der Waals surface area contributed by atoms with Crippen molar-refractivity contribution in [1.29, 1.82) is 0 Å². The van der Waals surface area contributed by atoms with E-state index in [4.69, 9.17) is 4.74 Å². The van der Waals surface area contributed by atoms with Gasteiger partial charge in [0.05, 0.1) is 0 Å². The number of ether oxygens (including phenoxy) is 1. The first kappa shape index (κ1) is 14.9. The minimum Gasteiger partial charge on any atom is -0.479 e. The van der Waals surface area contributed by atoms with Crippen molar-refractivity contribution >= 4 is 12.1 Å². The van der Waals surface area contributed by atoms with E-state index in [1.807, 2.05) is 0 Å². The molecule has 0 spiro atoms. The maximum atomic E-state index is 11.6. The molecule has 1 heterocycles. The van der Waals surface area contributed by atoms with Gasteiger partial charge >= 0.3 is 12.1 Å². The molecule has 0 fully saturated rings. The molecule has 104 valence electrons. The Morgan fingerprint density at radius 3 is 2.53 bits per heavy atom. The van der Waals surface area contributed by atoms with Gasteiger partial charge in [0.1, 0.15) is 5.60 Å². The van der Waals surface area contributed by atoms with Crippen LogP contribution in [-0.2, 0) is 9.53 Å². The largest absolute Gasteiger partial charge is 0.479 e. The Labute approximate surface area is 111 Å². The molecule has 1 aromatic rings. The van der Waals surface area contributed by atoms with E-state index in [1.165, 1.54) is 0 Å². The summed E-state index contributed by atoms with van der Waals surface area (Å²) in [6.45, 7) is 6.80. The number of hydrogen-bond acceptors (Lipinski definition) is 4. The van der Waals surface area contributed by atoms with E-state index < -0.39 is 23.7 Å². The highest BCUT2D eigenvalue weighted by Crippen LogP contribution is 2.17. The number of aliphatic carboxylic acids is 1. The minimum atomic E-state index is -1.18. The van der Waals surface area contributed by atoms with Gasteiger partial charge in [0.2, 0.25) is 0 Å². The van der Waals surface area contributed by atoms with Crippen LogP contribution in [0.4, 0.5) is 4.79 Å². The molecule has 0 aliphatic carbocycles. The zero-order chi connectivity index (χ0) is 14.6. The summed E-state index contributed by atoms with van der Waals surface area (Å²) in [6.07, 6.45) is 0.786. The second kappa shape index (κ2) is 5.69. The SMILES string of the molecule is Cc1ncccc1C(NC(=O)OC(C)(C)C)C(=O)O. The molecule has 6 heteroatoms. The predicted molar refractivity (Wildman–Crippen MR) is 68.7 cm³/mol. The Morgan fingerprint density at radius 2 is 2.05 bits per heavy atom. The maximum Gasteiger partial charge on any atom is 0.408 e. The molecule has 0 aromatic carbocycles. The predicted octanol–water partition coefficient (Wildman–Crippen LogP) is 2.04. The molecule has 1 aromatic heterocycles. The van der Waals surface area contributed by atoms with Crippen molar-refractivity contribution in [2.24, 2.45) is 0 Å². The second-order valence-corrected chi connectivity index (χ2v) is 5.10. The van der Waals surface area contributed by atoms with E-state index in [0.29, 0.717) is 11.3 Å². The molecular formula is C13H18N2O4. The molecule has 0 aliphatic rings. The summed E-state index contributed by atoms with van der Waals surface area (Å²) in [6, 6.07) is 2.05. The summed E-state index contributed by atoms with van der Waals surface area (Å²) in [4.78, 5) is 26.9. The van der Waals surface area contributed by atoms with Crippen LogP contribution < -0.4 is 5.32 Å². The number of carbonyl (C=O) groups excluding carboxylic acids is 1. The van der Waals surface area contributed by atoms with Crippen LogP contribution >= 0.6 is 0 Å². The molecule has 1 amide bonds. The van der Waals surface area contributed by atoms with E-state index in [2.05, 4.69) is 10.3 Å². The standard InChI is InChI=1S/C13H18N2O4/c1-8-9(6-5-7-14-8)10(11(16)17)15-12(18)19-13(2,3)4/h5-7,10H,1-4H3,(H,15,18)(H,16,17). The van der Waals surface area contributed by atoms with E-state index in [1.54, 1.807) is 46.0 Å². The number of carbonyl (C=O) groups is 2. The van der Waals surface area contributed by atoms with Crippen LogP contribution in [0.25, 0.3) is 0 Å². The number of carboxylic acid groups (broad SMARTS) is 1. The van der Waals surface area contributed by atoms with Crippen molar-refractivity contribution in [1.82, 2.24) is 10.3 Å². The van der Waals surface area contributed by atoms with Gasteiger partial charge in [0, 0.05) is 17.5 Å². The van der Waals surface area contributed by atoms with Crippen molar-refractivity contribution in [2.75, 3.05) is 0 Å². The van der Waals surface area contributed by atoms with Crippen LogP contribution in [0.5, 0.6) is 0 Å². The number of carboxylic acids is 1. The van der Waals surface area contributed by atoms with Gasteiger partial charge in [0.25, 0.3) is 0 Å². The van der Waals surface area contributed by atoms with E-state index in [-0.39, 0.29) is 0 Å². The number of alkyl carbamates (subject to hydrolysis) is 1. The third kappa shape index (κ3) is 4.57. The number of nitrogens with zero attached hydrogens (tertiary/aromatic N) is 1. The first-order valence-electron chi connectivity index (χ1n) is 5.84. The normalized spacial score (nSPS) is 12.6. The second-order valence-electron chi connectivity index (χ2n) is 5.10. The Hall–Kier alpha value is -2.11. The van der Waals surface area contributed by atoms with Crippen molar-refractivity contribution in [3.8, 4) is 0 Å². The smallest absolute Gasteiger partial charge is 0.408 e. The van der Waals surface area contributed by atoms with Crippen molar-refractivity contribution in [3.63, 3.8) is 0 Å². The lowest BCUT2D eigenvalue weighted by Gasteiger charge is -2.22. The molecular weight excluding hydrogens is 248 g/mol. The average molecular weight is 266 g/mol. The molecule has 1 rings (SSSR count). The van der Waals surface area contributed by atoms with Crippen molar-refractivity contribution in [2.45, 2.75) is 39.3 Å². The molecule has 0 radical (unpaired) electrons. The van der Waals surface area contributed by atoms with Gasteiger partial charge in [-0.3, -0.25) is 4.98 Å². The Balaban J connectivity index is 2.89. The summed E-state index contributed by atoms with van der Waals surface area (Å²) in [5, 5.41) is 11.5. The molecule has 0 aliphatic heterocycles. The third-order valence-corrected chi connectivity index (χ3v) is 2.27. The number of pyridine rings is 1. The maximum absolute atomic E-state index is 11.6. The summed E-state index contributed by atoms with van der Waals surface area (Å²) in [7, 11) is 0. The lowest BCUT2D eigenvalue weighted by atomic mass is 10.1. The average Bonchev–Trinajstić information content (AvgIpc) is 2.24. The van der Waals surface area contributed by atoms with Gasteiger partial charge in [-0.05, 0) is 33.8 Å². The van der Waals surface area contributed by atoms with E-state index in [0.717, 1.165) is 0 Å². The molecule has 1 atom stereocenters. The van der Waals surface area contributed by atoms with Gasteiger partial charge in [-0.25, -0.2) is 9.59 Å². The summed E-state index contributed by atoms with van der Waals surface area (Å²) in [5.41, 5.74) is 0.295. The summed E-state index contributed by atoms with van der Waals surface area (Å²) >= 11 is 0. The quantitative estimate of drug-likeness (QED) is 0.874. The number of rotatable bonds is 3. The lowest BCUT2D eigenvalue weighted by Crippen LogP contribution is -2.38. The molecule has 0 bridgehead atoms. The van der Waals surface area contributed by atoms with E-state index >= 15 is 0 Å². The van der Waals surface area contributed by atoms with Gasteiger partial charge < -0.3 is 15.2 Å². The first-order chi connectivity index (χ1) is 8.70. The van der Waals surface area contributed by atoms with Crippen LogP contribution in [0.15, 0.2) is 18.3 Å². The van der Waals surface area contributed by atoms with E-state index in [9.17, 15) is 14.7 Å². The van der Waals surface area contributed by atoms with Crippen LogP contribution in [-0.4, -0.2) is 27.8 Å². The number of amides is 1. The monoisotopic (exact) mass is 266 g/mol. The Kier molecular flexibility index (Phi) is 4.47. The summed E-state index contributed by atoms with van der Waals surface area (Å²) in [5.74, 6) is -1.16. The minimum absolute atomic E-state index is 0.431. The van der Waals surface area contributed by atoms with Gasteiger partial charge in [0.15, 0.2) is 6.04 Å². The molecule has 19 heavy (non-hydrogen) atoms. The zero-order valence-electron chi connectivity index (χ0n) is 11.4. The summed E-state index contributed by atoms with van der Waals surface area (Å²) < 4.78 is 5.05. The molecule has 2 N–H and O–H groups in total. The molecule has 0 saturated carbocycles. The van der Waals surface area contributed by atoms with Gasteiger partial charge in [-0.2, -0.15) is 0 Å². The molecule has 6 nitrogen and oxygen atoms in total. The van der Waals surface area contributed by atoms with Crippen molar-refractivity contribution in [3.05, 3.63) is 29.6 Å². The molecule has 1 unspecified atom stereocenters.